The van der Waals surface area contributed by atoms with Crippen molar-refractivity contribution < 1.29 is 9.53 Å². The molecule has 2 saturated heterocycles. The van der Waals surface area contributed by atoms with E-state index < -0.39 is 0 Å². The number of carbonyl (C=O) groups is 1. The van der Waals surface area contributed by atoms with Gasteiger partial charge in [0.25, 0.3) is 5.91 Å². The van der Waals surface area contributed by atoms with Gasteiger partial charge in [0, 0.05) is 37.1 Å². The zero-order valence-corrected chi connectivity index (χ0v) is 14.1. The van der Waals surface area contributed by atoms with Crippen molar-refractivity contribution in [2.45, 2.75) is 30.9 Å². The lowest BCUT2D eigenvalue weighted by Gasteiger charge is -2.39. The van der Waals surface area contributed by atoms with Crippen LogP contribution >= 0.6 is 0 Å². The molecule has 2 aliphatic heterocycles. The third-order valence-electron chi connectivity index (χ3n) is 4.98. The van der Waals surface area contributed by atoms with E-state index in [4.69, 9.17) is 4.74 Å². The number of rotatable bonds is 3. The van der Waals surface area contributed by atoms with Gasteiger partial charge in [-0.3, -0.25) is 9.78 Å². The number of nitrogens with one attached hydrogen (secondary N) is 1. The van der Waals surface area contributed by atoms with Crippen LogP contribution in [0.4, 0.5) is 5.82 Å². The molecule has 25 heavy (non-hydrogen) atoms. The summed E-state index contributed by atoms with van der Waals surface area (Å²) >= 11 is 0. The summed E-state index contributed by atoms with van der Waals surface area (Å²) in [5, 5.41) is 3.44. The molecule has 1 spiro atoms. The minimum absolute atomic E-state index is 0.0613. The molecular weight excluding hydrogens is 316 g/mol. The first-order valence-electron chi connectivity index (χ1n) is 8.75. The van der Waals surface area contributed by atoms with Crippen LogP contribution < -0.4 is 5.32 Å². The molecule has 0 radical (unpaired) electrons. The van der Waals surface area contributed by atoms with E-state index in [-0.39, 0.29) is 17.6 Å². The molecule has 130 valence electrons. The fourth-order valence-corrected chi connectivity index (χ4v) is 3.83. The van der Waals surface area contributed by atoms with Crippen LogP contribution in [0, 0.1) is 0 Å². The Labute approximate surface area is 147 Å². The normalized spacial score (nSPS) is 25.9. The van der Waals surface area contributed by atoms with Crippen molar-refractivity contribution in [2.75, 3.05) is 25.0 Å². The molecule has 0 saturated carbocycles. The summed E-state index contributed by atoms with van der Waals surface area (Å²) < 4.78 is 6.19. The highest BCUT2D eigenvalue weighted by Crippen LogP contribution is 2.36. The maximum atomic E-state index is 12.7. The molecule has 2 aliphatic rings. The van der Waals surface area contributed by atoms with Crippen molar-refractivity contribution in [3.63, 3.8) is 0 Å². The fourth-order valence-electron chi connectivity index (χ4n) is 3.83. The van der Waals surface area contributed by atoms with Gasteiger partial charge in [-0.25, -0.2) is 4.98 Å². The van der Waals surface area contributed by atoms with Gasteiger partial charge in [-0.15, -0.1) is 0 Å². The van der Waals surface area contributed by atoms with E-state index in [9.17, 15) is 4.79 Å². The molecule has 0 bridgehead atoms. The first-order chi connectivity index (χ1) is 12.2. The van der Waals surface area contributed by atoms with Crippen molar-refractivity contribution in [3.8, 4) is 0 Å². The van der Waals surface area contributed by atoms with E-state index in [1.807, 2.05) is 23.1 Å². The zero-order valence-electron chi connectivity index (χ0n) is 14.1. The number of ether oxygens (including phenoxy) is 1. The van der Waals surface area contributed by atoms with Gasteiger partial charge in [0.15, 0.2) is 0 Å². The number of pyridine rings is 2. The lowest BCUT2D eigenvalue weighted by molar-refractivity contribution is -0.0447. The van der Waals surface area contributed by atoms with Crippen molar-refractivity contribution in [1.82, 2.24) is 14.9 Å². The molecule has 1 amide bonds. The summed E-state index contributed by atoms with van der Waals surface area (Å²) in [7, 11) is 0. The second-order valence-corrected chi connectivity index (χ2v) is 6.82. The average Bonchev–Trinajstić information content (AvgIpc) is 3.04. The summed E-state index contributed by atoms with van der Waals surface area (Å²) in [6.45, 7) is 2.08. The number of nitrogens with zero attached hydrogens (tertiary/aromatic N) is 3. The Hall–Kier alpha value is -2.47. The van der Waals surface area contributed by atoms with E-state index in [1.165, 1.54) is 0 Å². The number of hydrogen-bond acceptors (Lipinski definition) is 5. The lowest BCUT2D eigenvalue weighted by Crippen LogP contribution is -2.50. The van der Waals surface area contributed by atoms with Gasteiger partial charge in [0.1, 0.15) is 5.82 Å². The van der Waals surface area contributed by atoms with E-state index in [0.717, 1.165) is 31.6 Å². The second-order valence-electron chi connectivity index (χ2n) is 6.82. The van der Waals surface area contributed by atoms with E-state index >= 15 is 0 Å². The van der Waals surface area contributed by atoms with E-state index in [1.54, 1.807) is 30.7 Å². The van der Waals surface area contributed by atoms with Gasteiger partial charge >= 0.3 is 0 Å². The molecule has 2 fully saturated rings. The topological polar surface area (TPSA) is 67.4 Å². The van der Waals surface area contributed by atoms with Gasteiger partial charge < -0.3 is 15.0 Å². The van der Waals surface area contributed by atoms with Crippen LogP contribution in [0.5, 0.6) is 0 Å². The quantitative estimate of drug-likeness (QED) is 0.930. The lowest BCUT2D eigenvalue weighted by atomic mass is 9.88. The highest BCUT2D eigenvalue weighted by atomic mass is 16.5. The van der Waals surface area contributed by atoms with Gasteiger partial charge in [-0.2, -0.15) is 0 Å². The molecule has 4 heterocycles. The summed E-state index contributed by atoms with van der Waals surface area (Å²) in [5.74, 6) is 0.930. The van der Waals surface area contributed by atoms with Crippen molar-refractivity contribution in [2.24, 2.45) is 0 Å². The van der Waals surface area contributed by atoms with Gasteiger partial charge in [-0.05, 0) is 37.1 Å². The van der Waals surface area contributed by atoms with Gasteiger partial charge in [0.2, 0.25) is 0 Å². The molecule has 6 heteroatoms. The molecule has 2 unspecified atom stereocenters. The molecule has 2 aromatic heterocycles. The summed E-state index contributed by atoms with van der Waals surface area (Å²) in [5.41, 5.74) is 0.445. The highest BCUT2D eigenvalue weighted by molar-refractivity contribution is 5.94. The van der Waals surface area contributed by atoms with E-state index in [0.29, 0.717) is 18.7 Å². The maximum absolute atomic E-state index is 12.7. The molecule has 0 aromatic carbocycles. The number of aromatic nitrogens is 2. The van der Waals surface area contributed by atoms with Crippen LogP contribution in [0.1, 0.15) is 29.6 Å². The Balaban J connectivity index is 1.42. The molecule has 6 nitrogen and oxygen atoms in total. The van der Waals surface area contributed by atoms with Crippen LogP contribution in [-0.4, -0.2) is 52.1 Å². The SMILES string of the molecule is O=C(c1ccncc1)N1CCCC2(CC(Nc3ccccn3)CO2)C1. The molecule has 1 N–H and O–H groups in total. The largest absolute Gasteiger partial charge is 0.371 e. The Bertz CT molecular complexity index is 725. The minimum atomic E-state index is -0.243. The monoisotopic (exact) mass is 338 g/mol. The predicted octanol–water partition coefficient (Wildman–Crippen LogP) is 2.35. The summed E-state index contributed by atoms with van der Waals surface area (Å²) in [6, 6.07) is 9.60. The smallest absolute Gasteiger partial charge is 0.254 e. The Kier molecular flexibility index (Phi) is 4.36. The number of carbonyl (C=O) groups excluding carboxylic acids is 1. The van der Waals surface area contributed by atoms with E-state index in [2.05, 4.69) is 15.3 Å². The molecule has 4 rings (SSSR count). The Morgan fingerprint density at radius 3 is 2.92 bits per heavy atom. The third-order valence-corrected chi connectivity index (χ3v) is 4.98. The van der Waals surface area contributed by atoms with Gasteiger partial charge in [0.05, 0.1) is 24.8 Å². The van der Waals surface area contributed by atoms with Crippen LogP contribution in [-0.2, 0) is 4.74 Å². The summed E-state index contributed by atoms with van der Waals surface area (Å²) in [4.78, 5) is 23.0. The van der Waals surface area contributed by atoms with Crippen LogP contribution in [0.3, 0.4) is 0 Å². The molecular formula is C19H22N4O2. The second kappa shape index (κ2) is 6.80. The van der Waals surface area contributed by atoms with Crippen LogP contribution in [0.2, 0.25) is 0 Å². The highest BCUT2D eigenvalue weighted by Gasteiger charge is 2.44. The van der Waals surface area contributed by atoms with Crippen molar-refractivity contribution in [3.05, 3.63) is 54.5 Å². The minimum Gasteiger partial charge on any atom is -0.371 e. The van der Waals surface area contributed by atoms with Crippen LogP contribution in [0.25, 0.3) is 0 Å². The predicted molar refractivity (Wildman–Crippen MR) is 94.3 cm³/mol. The van der Waals surface area contributed by atoms with Gasteiger partial charge in [-0.1, -0.05) is 6.07 Å². The van der Waals surface area contributed by atoms with Crippen molar-refractivity contribution >= 4 is 11.7 Å². The first kappa shape index (κ1) is 16.0. The number of piperidine rings is 1. The Morgan fingerprint density at radius 2 is 2.12 bits per heavy atom. The number of amides is 1. The Morgan fingerprint density at radius 1 is 1.24 bits per heavy atom. The van der Waals surface area contributed by atoms with Crippen LogP contribution in [0.15, 0.2) is 48.9 Å². The summed E-state index contributed by atoms with van der Waals surface area (Å²) in [6.07, 6.45) is 7.95. The molecule has 2 atom stereocenters. The number of anilines is 1. The van der Waals surface area contributed by atoms with Crippen molar-refractivity contribution in [1.29, 1.82) is 0 Å². The fraction of sp³-hybridized carbons (Fsp3) is 0.421. The average molecular weight is 338 g/mol. The maximum Gasteiger partial charge on any atom is 0.254 e. The standard InChI is InChI=1S/C19H22N4O2/c24-18(15-5-9-20-10-6-15)23-11-3-7-19(14-23)12-16(13-25-19)22-17-4-1-2-8-21-17/h1-2,4-6,8-10,16H,3,7,11-14H2,(H,21,22). The number of likely N-dealkylation sites (tertiary alicyclic amines) is 1. The zero-order chi connectivity index (χ0) is 17.1. The molecule has 0 aliphatic carbocycles. The molecule has 2 aromatic rings. The first-order valence-corrected chi connectivity index (χ1v) is 8.75. The third kappa shape index (κ3) is 3.49. The number of hydrogen-bond donors (Lipinski definition) is 1.